The van der Waals surface area contributed by atoms with E-state index in [4.69, 9.17) is 11.6 Å². The molecular formula is C25H23ClN6O2S. The van der Waals surface area contributed by atoms with Crippen LogP contribution in [0.2, 0.25) is 5.02 Å². The number of anilines is 1. The van der Waals surface area contributed by atoms with Gasteiger partial charge in [-0.05, 0) is 61.0 Å². The number of thioether (sulfide) groups is 1. The fraction of sp³-hybridized carbons (Fsp3) is 0.120. The SMILES string of the molecule is C[C@H](Sc1nnc(CNc2ccc(Cl)cc2)n1-c1ccccc1)C(=O)NN=Cc1cccc(O)c1. The van der Waals surface area contributed by atoms with Crippen molar-refractivity contribution in [1.29, 1.82) is 0 Å². The maximum absolute atomic E-state index is 12.6. The van der Waals surface area contributed by atoms with Crippen molar-refractivity contribution in [2.45, 2.75) is 23.9 Å². The van der Waals surface area contributed by atoms with Crippen LogP contribution in [0.3, 0.4) is 0 Å². The largest absolute Gasteiger partial charge is 0.508 e. The van der Waals surface area contributed by atoms with Crippen molar-refractivity contribution in [3.05, 3.63) is 95.3 Å². The first-order valence-electron chi connectivity index (χ1n) is 10.8. The Labute approximate surface area is 212 Å². The number of rotatable bonds is 9. The monoisotopic (exact) mass is 506 g/mol. The lowest BCUT2D eigenvalue weighted by Crippen LogP contribution is -2.27. The van der Waals surface area contributed by atoms with E-state index in [0.29, 0.717) is 28.1 Å². The molecule has 1 atom stereocenters. The van der Waals surface area contributed by atoms with Gasteiger partial charge in [0.1, 0.15) is 5.75 Å². The quantitative estimate of drug-likeness (QED) is 0.170. The zero-order valence-corrected chi connectivity index (χ0v) is 20.4. The number of aromatic hydroxyl groups is 1. The van der Waals surface area contributed by atoms with Crippen molar-refractivity contribution in [2.24, 2.45) is 5.10 Å². The van der Waals surface area contributed by atoms with Gasteiger partial charge >= 0.3 is 0 Å². The standard InChI is InChI=1S/C25H23ClN6O2S/c1-17(24(34)30-28-15-18-6-5-9-22(33)14-18)35-25-31-29-23(32(25)21-7-3-2-4-8-21)16-27-20-12-10-19(26)11-13-20/h2-15,17,27,33H,16H2,1H3,(H,30,34)/t17-/m0/s1. The Kier molecular flexibility index (Phi) is 8.02. The summed E-state index contributed by atoms with van der Waals surface area (Å²) in [4.78, 5) is 12.6. The Balaban J connectivity index is 1.47. The third-order valence-corrected chi connectivity index (χ3v) is 6.21. The van der Waals surface area contributed by atoms with Crippen LogP contribution in [0.15, 0.2) is 89.1 Å². The molecule has 4 aromatic rings. The minimum Gasteiger partial charge on any atom is -0.508 e. The van der Waals surface area contributed by atoms with Crippen LogP contribution in [0.5, 0.6) is 5.75 Å². The molecule has 0 radical (unpaired) electrons. The van der Waals surface area contributed by atoms with Crippen molar-refractivity contribution >= 4 is 41.2 Å². The van der Waals surface area contributed by atoms with Crippen LogP contribution in [-0.4, -0.2) is 37.2 Å². The lowest BCUT2D eigenvalue weighted by molar-refractivity contribution is -0.120. The molecule has 178 valence electrons. The molecule has 4 rings (SSSR count). The number of hydrogen-bond acceptors (Lipinski definition) is 7. The Bertz CT molecular complexity index is 1310. The zero-order valence-electron chi connectivity index (χ0n) is 18.8. The molecule has 3 aromatic carbocycles. The van der Waals surface area contributed by atoms with E-state index in [1.54, 1.807) is 31.2 Å². The number of benzene rings is 3. The fourth-order valence-electron chi connectivity index (χ4n) is 3.15. The van der Waals surface area contributed by atoms with Gasteiger partial charge in [0.15, 0.2) is 11.0 Å². The molecule has 0 saturated heterocycles. The van der Waals surface area contributed by atoms with Crippen LogP contribution < -0.4 is 10.7 Å². The second-order valence-corrected chi connectivity index (χ2v) is 9.26. The molecule has 35 heavy (non-hydrogen) atoms. The van der Waals surface area contributed by atoms with Gasteiger partial charge in [0.05, 0.1) is 18.0 Å². The topological polar surface area (TPSA) is 104 Å². The molecule has 1 heterocycles. The summed E-state index contributed by atoms with van der Waals surface area (Å²) in [5, 5.41) is 26.3. The van der Waals surface area contributed by atoms with Crippen molar-refractivity contribution in [3.8, 4) is 11.4 Å². The highest BCUT2D eigenvalue weighted by Gasteiger charge is 2.21. The number of hydrogen-bond donors (Lipinski definition) is 3. The number of nitrogens with one attached hydrogen (secondary N) is 2. The number of amides is 1. The molecule has 1 amide bonds. The molecule has 0 unspecified atom stereocenters. The third kappa shape index (κ3) is 6.62. The lowest BCUT2D eigenvalue weighted by atomic mass is 10.2. The van der Waals surface area contributed by atoms with Crippen LogP contribution in [0.25, 0.3) is 5.69 Å². The summed E-state index contributed by atoms with van der Waals surface area (Å²) in [6.07, 6.45) is 1.47. The second-order valence-electron chi connectivity index (χ2n) is 7.52. The number of phenolic OH excluding ortho intramolecular Hbond substituents is 1. The van der Waals surface area contributed by atoms with E-state index in [9.17, 15) is 9.90 Å². The summed E-state index contributed by atoms with van der Waals surface area (Å²) < 4.78 is 1.92. The Morgan fingerprint density at radius 1 is 1.11 bits per heavy atom. The van der Waals surface area contributed by atoms with Crippen LogP contribution in [0.1, 0.15) is 18.3 Å². The van der Waals surface area contributed by atoms with Crippen molar-refractivity contribution < 1.29 is 9.90 Å². The Morgan fingerprint density at radius 2 is 1.89 bits per heavy atom. The summed E-state index contributed by atoms with van der Waals surface area (Å²) in [6.45, 7) is 2.21. The normalized spacial score (nSPS) is 11.9. The van der Waals surface area contributed by atoms with Crippen molar-refractivity contribution in [2.75, 3.05) is 5.32 Å². The molecule has 8 nitrogen and oxygen atoms in total. The zero-order chi connectivity index (χ0) is 24.6. The fourth-order valence-corrected chi connectivity index (χ4v) is 4.16. The first-order chi connectivity index (χ1) is 17.0. The number of nitrogens with zero attached hydrogens (tertiary/aromatic N) is 4. The van der Waals surface area contributed by atoms with Gasteiger partial charge in [0, 0.05) is 16.4 Å². The molecule has 1 aromatic heterocycles. The second kappa shape index (κ2) is 11.5. The average Bonchev–Trinajstić information content (AvgIpc) is 3.26. The molecule has 0 aliphatic carbocycles. The van der Waals surface area contributed by atoms with Gasteiger partial charge in [0.2, 0.25) is 0 Å². The molecule has 0 fully saturated rings. The molecule has 0 spiro atoms. The van der Waals surface area contributed by atoms with E-state index in [1.807, 2.05) is 59.2 Å². The van der Waals surface area contributed by atoms with Gasteiger partial charge in [-0.3, -0.25) is 9.36 Å². The van der Waals surface area contributed by atoms with E-state index in [0.717, 1.165) is 11.4 Å². The van der Waals surface area contributed by atoms with Gasteiger partial charge in [-0.2, -0.15) is 5.10 Å². The van der Waals surface area contributed by atoms with E-state index in [1.165, 1.54) is 18.0 Å². The first-order valence-corrected chi connectivity index (χ1v) is 12.0. The molecule has 0 bridgehead atoms. The average molecular weight is 507 g/mol. The lowest BCUT2D eigenvalue weighted by Gasteiger charge is -2.13. The van der Waals surface area contributed by atoms with Crippen LogP contribution in [0, 0.1) is 0 Å². The molecule has 10 heteroatoms. The summed E-state index contributed by atoms with van der Waals surface area (Å²) >= 11 is 7.26. The highest BCUT2D eigenvalue weighted by molar-refractivity contribution is 8.00. The minimum atomic E-state index is -0.486. The highest BCUT2D eigenvalue weighted by Crippen LogP contribution is 2.26. The number of hydrazone groups is 1. The predicted octanol–water partition coefficient (Wildman–Crippen LogP) is 4.87. The first kappa shape index (κ1) is 24.3. The van der Waals surface area contributed by atoms with Gasteiger partial charge in [0.25, 0.3) is 5.91 Å². The number of para-hydroxylation sites is 1. The summed E-state index contributed by atoms with van der Waals surface area (Å²) in [5.41, 5.74) is 5.01. The van der Waals surface area contributed by atoms with Crippen LogP contribution in [0.4, 0.5) is 5.69 Å². The third-order valence-electron chi connectivity index (χ3n) is 4.92. The van der Waals surface area contributed by atoms with Crippen LogP contribution >= 0.6 is 23.4 Å². The smallest absolute Gasteiger partial charge is 0.253 e. The number of carbonyl (C=O) groups is 1. The van der Waals surface area contributed by atoms with Gasteiger partial charge in [-0.1, -0.05) is 53.7 Å². The summed E-state index contributed by atoms with van der Waals surface area (Å²) in [5.74, 6) is 0.545. The van der Waals surface area contributed by atoms with Crippen molar-refractivity contribution in [1.82, 2.24) is 20.2 Å². The molecule has 3 N–H and O–H groups in total. The van der Waals surface area contributed by atoms with Crippen LogP contribution in [-0.2, 0) is 11.3 Å². The predicted molar refractivity (Wildman–Crippen MR) is 139 cm³/mol. The summed E-state index contributed by atoms with van der Waals surface area (Å²) in [6, 6.07) is 23.7. The van der Waals surface area contributed by atoms with Gasteiger partial charge in [-0.15, -0.1) is 10.2 Å². The van der Waals surface area contributed by atoms with E-state index in [2.05, 4.69) is 26.0 Å². The van der Waals surface area contributed by atoms with E-state index < -0.39 is 5.25 Å². The molecule has 0 saturated carbocycles. The number of aromatic nitrogens is 3. The van der Waals surface area contributed by atoms with Gasteiger partial charge < -0.3 is 10.4 Å². The van der Waals surface area contributed by atoms with E-state index >= 15 is 0 Å². The van der Waals surface area contributed by atoms with Crippen molar-refractivity contribution in [3.63, 3.8) is 0 Å². The highest BCUT2D eigenvalue weighted by atomic mass is 35.5. The maximum atomic E-state index is 12.6. The summed E-state index contributed by atoms with van der Waals surface area (Å²) in [7, 11) is 0. The minimum absolute atomic E-state index is 0.130. The molecule has 0 aliphatic rings. The number of carbonyl (C=O) groups excluding carboxylic acids is 1. The molecule has 0 aliphatic heterocycles. The Hall–Kier alpha value is -3.82. The van der Waals surface area contributed by atoms with Gasteiger partial charge in [-0.25, -0.2) is 5.43 Å². The molecular weight excluding hydrogens is 484 g/mol. The maximum Gasteiger partial charge on any atom is 0.253 e. The number of halogens is 1. The Morgan fingerprint density at radius 3 is 2.63 bits per heavy atom. The van der Waals surface area contributed by atoms with E-state index in [-0.39, 0.29) is 11.7 Å². The number of phenols is 1.